The van der Waals surface area contributed by atoms with E-state index in [1.165, 1.54) is 0 Å². The highest BCUT2D eigenvalue weighted by molar-refractivity contribution is 5.15. The van der Waals surface area contributed by atoms with Gasteiger partial charge < -0.3 is 9.47 Å². The molecule has 0 radical (unpaired) electrons. The van der Waals surface area contributed by atoms with Crippen molar-refractivity contribution < 1.29 is 9.47 Å². The highest BCUT2D eigenvalue weighted by Crippen LogP contribution is 2.25. The summed E-state index contributed by atoms with van der Waals surface area (Å²) in [6, 6.07) is 5.92. The largest absolute Gasteiger partial charge is 0.481 e. The van der Waals surface area contributed by atoms with Gasteiger partial charge >= 0.3 is 0 Å². The summed E-state index contributed by atoms with van der Waals surface area (Å²) in [7, 11) is 1.65. The zero-order chi connectivity index (χ0) is 17.1. The van der Waals surface area contributed by atoms with Crippen LogP contribution < -0.4 is 4.74 Å². The van der Waals surface area contributed by atoms with Gasteiger partial charge in [0.05, 0.1) is 19.3 Å². The third kappa shape index (κ3) is 3.82. The fraction of sp³-hybridized carbons (Fsp3) is 0.611. The number of nitrogens with zero attached hydrogens (tertiary/aromatic N) is 5. The van der Waals surface area contributed by atoms with Gasteiger partial charge in [0.15, 0.2) is 5.82 Å². The lowest BCUT2D eigenvalue weighted by atomic mass is 10.00. The number of methoxy groups -OCH3 is 1. The maximum atomic E-state index is 5.45. The van der Waals surface area contributed by atoms with Crippen LogP contribution in [0.15, 0.2) is 18.2 Å². The van der Waals surface area contributed by atoms with Crippen molar-refractivity contribution in [2.75, 3.05) is 33.4 Å². The molecule has 0 unspecified atom stereocenters. The average Bonchev–Trinajstić information content (AvgIpc) is 2.99. The summed E-state index contributed by atoms with van der Waals surface area (Å²) in [4.78, 5) is 11.8. The first-order valence-electron chi connectivity index (χ1n) is 9.05. The van der Waals surface area contributed by atoms with E-state index in [9.17, 15) is 0 Å². The molecule has 25 heavy (non-hydrogen) atoms. The molecule has 2 aromatic rings. The minimum absolute atomic E-state index is 0.463. The summed E-state index contributed by atoms with van der Waals surface area (Å²) in [5, 5.41) is 4.79. The van der Waals surface area contributed by atoms with Crippen molar-refractivity contribution in [2.24, 2.45) is 0 Å². The van der Waals surface area contributed by atoms with E-state index in [0.717, 1.165) is 76.0 Å². The van der Waals surface area contributed by atoms with Gasteiger partial charge in [0.2, 0.25) is 5.88 Å². The average molecular weight is 343 g/mol. The molecule has 0 N–H and O–H groups in total. The van der Waals surface area contributed by atoms with E-state index in [1.807, 2.05) is 18.2 Å². The quantitative estimate of drug-likeness (QED) is 0.841. The first-order chi connectivity index (χ1) is 12.3. The molecule has 7 nitrogen and oxygen atoms in total. The summed E-state index contributed by atoms with van der Waals surface area (Å²) < 4.78 is 12.8. The van der Waals surface area contributed by atoms with Gasteiger partial charge in [-0.3, -0.25) is 4.90 Å². The maximum absolute atomic E-state index is 5.45. The molecule has 4 heterocycles. The molecule has 7 heteroatoms. The Hall–Kier alpha value is -1.99. The van der Waals surface area contributed by atoms with E-state index in [2.05, 4.69) is 14.6 Å². The molecular formula is C18H25N5O2. The SMILES string of the molecule is COc1cccc(CN2CCc3nc(C4CCOCC4)nn3CC2)n1. The van der Waals surface area contributed by atoms with Crippen molar-refractivity contribution in [2.45, 2.75) is 38.3 Å². The van der Waals surface area contributed by atoms with Crippen molar-refractivity contribution in [1.29, 1.82) is 0 Å². The number of aromatic nitrogens is 4. The van der Waals surface area contributed by atoms with E-state index >= 15 is 0 Å². The van der Waals surface area contributed by atoms with Gasteiger partial charge in [-0.1, -0.05) is 6.07 Å². The van der Waals surface area contributed by atoms with Gasteiger partial charge in [-0.2, -0.15) is 5.10 Å². The molecule has 0 bridgehead atoms. The minimum atomic E-state index is 0.463. The van der Waals surface area contributed by atoms with Crippen LogP contribution >= 0.6 is 0 Å². The number of hydrogen-bond acceptors (Lipinski definition) is 6. The Morgan fingerprint density at radius 1 is 1.16 bits per heavy atom. The van der Waals surface area contributed by atoms with E-state index in [1.54, 1.807) is 7.11 Å². The summed E-state index contributed by atoms with van der Waals surface area (Å²) in [5.74, 6) is 3.26. The van der Waals surface area contributed by atoms with E-state index in [-0.39, 0.29) is 0 Å². The smallest absolute Gasteiger partial charge is 0.213 e. The Morgan fingerprint density at radius 2 is 2.04 bits per heavy atom. The molecule has 0 atom stereocenters. The van der Waals surface area contributed by atoms with Crippen LogP contribution in [0.1, 0.15) is 36.1 Å². The van der Waals surface area contributed by atoms with Crippen molar-refractivity contribution >= 4 is 0 Å². The summed E-state index contributed by atoms with van der Waals surface area (Å²) >= 11 is 0. The van der Waals surface area contributed by atoms with Crippen molar-refractivity contribution in [3.63, 3.8) is 0 Å². The van der Waals surface area contributed by atoms with Crippen molar-refractivity contribution in [3.05, 3.63) is 35.5 Å². The number of ether oxygens (including phenoxy) is 2. The summed E-state index contributed by atoms with van der Waals surface area (Å²) in [6.45, 7) is 5.31. The van der Waals surface area contributed by atoms with Gasteiger partial charge in [0.1, 0.15) is 5.82 Å². The lowest BCUT2D eigenvalue weighted by molar-refractivity contribution is 0.0835. The number of rotatable bonds is 4. The Balaban J connectivity index is 1.39. The number of fused-ring (bicyclic) bond motifs is 1. The van der Waals surface area contributed by atoms with Gasteiger partial charge in [0, 0.05) is 51.3 Å². The van der Waals surface area contributed by atoms with Gasteiger partial charge in [-0.15, -0.1) is 0 Å². The monoisotopic (exact) mass is 343 g/mol. The third-order valence-electron chi connectivity index (χ3n) is 5.01. The second-order valence-corrected chi connectivity index (χ2v) is 6.69. The van der Waals surface area contributed by atoms with Crippen LogP contribution in [-0.4, -0.2) is 58.1 Å². The van der Waals surface area contributed by atoms with E-state index in [0.29, 0.717) is 11.8 Å². The number of pyridine rings is 1. The molecule has 0 amide bonds. The normalized spacial score (nSPS) is 19.4. The van der Waals surface area contributed by atoms with Gasteiger partial charge in [0.25, 0.3) is 0 Å². The topological polar surface area (TPSA) is 65.3 Å². The molecule has 134 valence electrons. The summed E-state index contributed by atoms with van der Waals surface area (Å²) in [5.41, 5.74) is 1.04. The van der Waals surface area contributed by atoms with Crippen LogP contribution in [0.5, 0.6) is 5.88 Å². The van der Waals surface area contributed by atoms with Crippen LogP contribution in [0.25, 0.3) is 0 Å². The minimum Gasteiger partial charge on any atom is -0.481 e. The Bertz CT molecular complexity index is 686. The van der Waals surface area contributed by atoms with Crippen LogP contribution in [0.4, 0.5) is 0 Å². The molecule has 1 saturated heterocycles. The van der Waals surface area contributed by atoms with Gasteiger partial charge in [-0.25, -0.2) is 14.6 Å². The zero-order valence-corrected chi connectivity index (χ0v) is 14.7. The molecular weight excluding hydrogens is 318 g/mol. The molecule has 0 saturated carbocycles. The zero-order valence-electron chi connectivity index (χ0n) is 14.7. The fourth-order valence-electron chi connectivity index (χ4n) is 3.54. The lowest BCUT2D eigenvalue weighted by Gasteiger charge is -2.20. The molecule has 4 rings (SSSR count). The first kappa shape index (κ1) is 16.5. The van der Waals surface area contributed by atoms with Gasteiger partial charge in [-0.05, 0) is 18.9 Å². The van der Waals surface area contributed by atoms with Crippen LogP contribution in [0.2, 0.25) is 0 Å². The lowest BCUT2D eigenvalue weighted by Crippen LogP contribution is -2.27. The van der Waals surface area contributed by atoms with Crippen LogP contribution in [0.3, 0.4) is 0 Å². The van der Waals surface area contributed by atoms with Crippen LogP contribution in [-0.2, 0) is 24.2 Å². The molecule has 2 aliphatic heterocycles. The predicted molar refractivity (Wildman–Crippen MR) is 92.6 cm³/mol. The second-order valence-electron chi connectivity index (χ2n) is 6.69. The third-order valence-corrected chi connectivity index (χ3v) is 5.01. The fourth-order valence-corrected chi connectivity index (χ4v) is 3.54. The molecule has 2 aromatic heterocycles. The molecule has 0 aromatic carbocycles. The van der Waals surface area contributed by atoms with Crippen molar-refractivity contribution in [3.8, 4) is 5.88 Å². The van der Waals surface area contributed by atoms with E-state index < -0.39 is 0 Å². The predicted octanol–water partition coefficient (Wildman–Crippen LogP) is 1.63. The Morgan fingerprint density at radius 3 is 2.88 bits per heavy atom. The number of hydrogen-bond donors (Lipinski definition) is 0. The summed E-state index contributed by atoms with van der Waals surface area (Å²) in [6.07, 6.45) is 3.01. The second kappa shape index (κ2) is 7.49. The Kier molecular flexibility index (Phi) is 4.94. The standard InChI is InChI=1S/C18H25N5O2/c1-24-17-4-2-3-15(19-17)13-22-8-5-16-20-18(21-23(16)10-9-22)14-6-11-25-12-7-14/h2-4,14H,5-13H2,1H3. The molecule has 0 aliphatic carbocycles. The molecule has 0 spiro atoms. The van der Waals surface area contributed by atoms with Crippen LogP contribution in [0, 0.1) is 0 Å². The first-order valence-corrected chi connectivity index (χ1v) is 9.05. The Labute approximate surface area is 148 Å². The molecule has 2 aliphatic rings. The molecule has 1 fully saturated rings. The van der Waals surface area contributed by atoms with Crippen molar-refractivity contribution in [1.82, 2.24) is 24.6 Å². The highest BCUT2D eigenvalue weighted by Gasteiger charge is 2.24. The van der Waals surface area contributed by atoms with E-state index in [4.69, 9.17) is 19.6 Å². The highest BCUT2D eigenvalue weighted by atomic mass is 16.5. The maximum Gasteiger partial charge on any atom is 0.213 e.